The van der Waals surface area contributed by atoms with E-state index in [1.807, 2.05) is 0 Å². The van der Waals surface area contributed by atoms with E-state index in [2.05, 4.69) is 13.8 Å². The largest absolute Gasteiger partial charge is 0.544 e. The third-order valence-corrected chi connectivity index (χ3v) is 9.74. The molecule has 0 rings (SSSR count). The molecule has 2 atom stereocenters. The topological polar surface area (TPSA) is 102 Å². The number of unbranched alkanes of at least 4 members (excludes halogenated alkanes) is 24. The highest BCUT2D eigenvalue weighted by Gasteiger charge is 2.25. The van der Waals surface area contributed by atoms with Gasteiger partial charge in [-0.05, 0) is 12.8 Å². The van der Waals surface area contributed by atoms with Crippen LogP contribution >= 0.6 is 0 Å². The molecule has 0 aromatic heterocycles. The van der Waals surface area contributed by atoms with Crippen molar-refractivity contribution in [1.82, 2.24) is 0 Å². The fourth-order valence-corrected chi connectivity index (χ4v) is 6.42. The molecule has 0 aromatic rings. The van der Waals surface area contributed by atoms with Crippen molar-refractivity contribution in [3.05, 3.63) is 0 Å². The summed E-state index contributed by atoms with van der Waals surface area (Å²) in [6.45, 7) is 4.52. The second-order valence-electron chi connectivity index (χ2n) is 15.6. The number of hydrogen-bond acceptors (Lipinski definition) is 7. The zero-order chi connectivity index (χ0) is 37.1. The third-order valence-electron chi connectivity index (χ3n) is 9.74. The molecular formula is C42H81NO7. The molecule has 0 spiro atoms. The number of esters is 2. The smallest absolute Gasteiger partial charge is 0.306 e. The standard InChI is InChI=1S/C42H81NO7/c1-6-8-10-11-12-13-14-15-16-17-18-19-20-21-22-23-24-25-26-27-28-29-31-33-41(45)50-38(37-49-40(44)32-30-9-7-2)36-48-35-34-39(42(46)47)43(3,4)5/h38-39H,6-37H2,1-5H3. The van der Waals surface area contributed by atoms with Gasteiger partial charge in [0.1, 0.15) is 12.6 Å². The Kier molecular flexibility index (Phi) is 33.3. The number of aliphatic carboxylic acids is 1. The maximum absolute atomic E-state index is 12.6. The number of carbonyl (C=O) groups is 3. The average molecular weight is 712 g/mol. The molecule has 0 bridgehead atoms. The van der Waals surface area contributed by atoms with Crippen molar-refractivity contribution in [3.8, 4) is 0 Å². The summed E-state index contributed by atoms with van der Waals surface area (Å²) in [4.78, 5) is 36.2. The molecule has 0 heterocycles. The van der Waals surface area contributed by atoms with Gasteiger partial charge < -0.3 is 28.6 Å². The number of rotatable bonds is 38. The lowest BCUT2D eigenvalue weighted by Gasteiger charge is -2.34. The molecule has 2 unspecified atom stereocenters. The van der Waals surface area contributed by atoms with Gasteiger partial charge in [0.2, 0.25) is 0 Å². The molecule has 8 nitrogen and oxygen atoms in total. The maximum atomic E-state index is 12.6. The van der Waals surface area contributed by atoms with Gasteiger partial charge in [-0.3, -0.25) is 9.59 Å². The lowest BCUT2D eigenvalue weighted by atomic mass is 10.0. The van der Waals surface area contributed by atoms with Gasteiger partial charge in [-0.15, -0.1) is 0 Å². The summed E-state index contributed by atoms with van der Waals surface area (Å²) in [6.07, 6.45) is 33.6. The van der Waals surface area contributed by atoms with Crippen LogP contribution in [0.2, 0.25) is 0 Å². The van der Waals surface area contributed by atoms with E-state index in [0.717, 1.165) is 38.5 Å². The van der Waals surface area contributed by atoms with E-state index >= 15 is 0 Å². The van der Waals surface area contributed by atoms with E-state index < -0.39 is 18.1 Å². The minimum atomic E-state index is -1.12. The second-order valence-corrected chi connectivity index (χ2v) is 15.6. The monoisotopic (exact) mass is 712 g/mol. The predicted octanol–water partition coefficient (Wildman–Crippen LogP) is 9.64. The van der Waals surface area contributed by atoms with Crippen LogP contribution in [-0.4, -0.2) is 75.5 Å². The Morgan fingerprint density at radius 1 is 0.520 bits per heavy atom. The van der Waals surface area contributed by atoms with Gasteiger partial charge in [0.15, 0.2) is 6.10 Å². The Morgan fingerprint density at radius 3 is 1.28 bits per heavy atom. The molecule has 0 radical (unpaired) electrons. The molecule has 0 N–H and O–H groups in total. The summed E-state index contributed by atoms with van der Waals surface area (Å²) < 4.78 is 16.9. The number of hydrogen-bond donors (Lipinski definition) is 0. The quantitative estimate of drug-likeness (QED) is 0.0357. The van der Waals surface area contributed by atoms with Gasteiger partial charge in [-0.25, -0.2) is 0 Å². The molecule has 0 aliphatic rings. The van der Waals surface area contributed by atoms with Crippen LogP contribution in [0.3, 0.4) is 0 Å². The van der Waals surface area contributed by atoms with Gasteiger partial charge in [-0.1, -0.05) is 168 Å². The molecule has 0 aliphatic heterocycles. The Morgan fingerprint density at radius 2 is 0.880 bits per heavy atom. The van der Waals surface area contributed by atoms with E-state index in [-0.39, 0.29) is 42.7 Å². The van der Waals surface area contributed by atoms with E-state index in [0.29, 0.717) is 12.8 Å². The highest BCUT2D eigenvalue weighted by atomic mass is 16.6. The normalized spacial score (nSPS) is 12.9. The number of likely N-dealkylation sites (N-methyl/N-ethyl adjacent to an activating group) is 1. The van der Waals surface area contributed by atoms with Crippen molar-refractivity contribution in [2.24, 2.45) is 0 Å². The fourth-order valence-electron chi connectivity index (χ4n) is 6.42. The minimum absolute atomic E-state index is 0.0459. The SMILES string of the molecule is CCCCCCCCCCCCCCCCCCCCCCCCCC(=O)OC(COCCC(C(=O)[O-])[N+](C)(C)C)COC(=O)CCCCC. The second kappa shape index (κ2) is 34.4. The van der Waals surface area contributed by atoms with Crippen LogP contribution in [0, 0.1) is 0 Å². The van der Waals surface area contributed by atoms with Gasteiger partial charge in [0, 0.05) is 19.3 Å². The first-order valence-corrected chi connectivity index (χ1v) is 21.1. The first kappa shape index (κ1) is 48.3. The predicted molar refractivity (Wildman–Crippen MR) is 204 cm³/mol. The molecule has 50 heavy (non-hydrogen) atoms. The van der Waals surface area contributed by atoms with Gasteiger partial charge >= 0.3 is 11.9 Å². The molecule has 0 amide bonds. The molecular weight excluding hydrogens is 630 g/mol. The molecule has 0 saturated heterocycles. The van der Waals surface area contributed by atoms with Crippen LogP contribution in [0.5, 0.6) is 0 Å². The van der Waals surface area contributed by atoms with Crippen LogP contribution in [0.25, 0.3) is 0 Å². The van der Waals surface area contributed by atoms with E-state index in [9.17, 15) is 19.5 Å². The Bertz CT molecular complexity index is 797. The summed E-state index contributed by atoms with van der Waals surface area (Å²) in [5.41, 5.74) is 0. The van der Waals surface area contributed by atoms with Gasteiger partial charge in [-0.2, -0.15) is 0 Å². The van der Waals surface area contributed by atoms with Crippen LogP contribution in [0.4, 0.5) is 0 Å². The van der Waals surface area contributed by atoms with Gasteiger partial charge in [0.05, 0.1) is 40.3 Å². The van der Waals surface area contributed by atoms with Crippen LogP contribution < -0.4 is 5.11 Å². The number of carboxylic acids is 1. The van der Waals surface area contributed by atoms with E-state index in [4.69, 9.17) is 14.2 Å². The van der Waals surface area contributed by atoms with Crippen LogP contribution in [-0.2, 0) is 28.6 Å². The highest BCUT2D eigenvalue weighted by Crippen LogP contribution is 2.16. The molecule has 0 aromatic carbocycles. The summed E-state index contributed by atoms with van der Waals surface area (Å²) in [5.74, 6) is -1.75. The lowest BCUT2D eigenvalue weighted by molar-refractivity contribution is -0.889. The number of carboxylic acid groups (broad SMARTS) is 1. The minimum Gasteiger partial charge on any atom is -0.544 e. The Hall–Kier alpha value is -1.67. The summed E-state index contributed by atoms with van der Waals surface area (Å²) in [6, 6.07) is -0.716. The fraction of sp³-hybridized carbons (Fsp3) is 0.929. The molecule has 0 saturated carbocycles. The molecule has 8 heteroatoms. The van der Waals surface area contributed by atoms with E-state index in [1.54, 1.807) is 21.1 Å². The van der Waals surface area contributed by atoms with Crippen molar-refractivity contribution in [1.29, 1.82) is 0 Å². The van der Waals surface area contributed by atoms with Crippen molar-refractivity contribution < 1.29 is 38.2 Å². The third kappa shape index (κ3) is 32.3. The Labute approximate surface area is 308 Å². The molecule has 296 valence electrons. The molecule has 0 aliphatic carbocycles. The zero-order valence-corrected chi connectivity index (χ0v) is 33.6. The van der Waals surface area contributed by atoms with Crippen molar-refractivity contribution in [3.63, 3.8) is 0 Å². The van der Waals surface area contributed by atoms with Gasteiger partial charge in [0.25, 0.3) is 0 Å². The maximum Gasteiger partial charge on any atom is 0.306 e. The summed E-state index contributed by atoms with van der Waals surface area (Å²) in [5, 5.41) is 11.5. The highest BCUT2D eigenvalue weighted by molar-refractivity contribution is 5.70. The number of carbonyl (C=O) groups excluding carboxylic acids is 3. The first-order chi connectivity index (χ1) is 24.1. The first-order valence-electron chi connectivity index (χ1n) is 21.1. The van der Waals surface area contributed by atoms with Crippen LogP contribution in [0.15, 0.2) is 0 Å². The van der Waals surface area contributed by atoms with E-state index in [1.165, 1.54) is 128 Å². The van der Waals surface area contributed by atoms with Crippen molar-refractivity contribution >= 4 is 17.9 Å². The zero-order valence-electron chi connectivity index (χ0n) is 33.6. The lowest BCUT2D eigenvalue weighted by Crippen LogP contribution is -2.55. The number of nitrogens with zero attached hydrogens (tertiary/aromatic N) is 1. The van der Waals surface area contributed by atoms with Crippen LogP contribution in [0.1, 0.15) is 200 Å². The average Bonchev–Trinajstić information content (AvgIpc) is 3.06. The Balaban J connectivity index is 3.93. The summed E-state index contributed by atoms with van der Waals surface area (Å²) >= 11 is 0. The van der Waals surface area contributed by atoms with Crippen molar-refractivity contribution in [2.45, 2.75) is 212 Å². The summed E-state index contributed by atoms with van der Waals surface area (Å²) in [7, 11) is 5.39. The number of ether oxygens (including phenoxy) is 3. The number of quaternary nitrogens is 1. The van der Waals surface area contributed by atoms with Crippen molar-refractivity contribution in [2.75, 3.05) is 41.0 Å². The molecule has 0 fully saturated rings.